The molecule has 0 fully saturated rings. The zero-order valence-electron chi connectivity index (χ0n) is 7.41. The molecule has 5 heteroatoms. The molecule has 1 aromatic rings. The number of hydrogen-bond donors (Lipinski definition) is 0. The Morgan fingerprint density at radius 1 is 1.07 bits per heavy atom. The lowest BCUT2D eigenvalue weighted by molar-refractivity contribution is 0.318. The van der Waals surface area contributed by atoms with E-state index in [2.05, 4.69) is 0 Å². The third kappa shape index (κ3) is 2.60. The van der Waals surface area contributed by atoms with E-state index in [1.807, 2.05) is 6.92 Å². The first kappa shape index (κ1) is 12.3. The van der Waals surface area contributed by atoms with Gasteiger partial charge in [-0.05, 0) is 12.5 Å². The van der Waals surface area contributed by atoms with Crippen LogP contribution >= 0.6 is 46.4 Å². The van der Waals surface area contributed by atoms with Crippen LogP contribution < -0.4 is 4.74 Å². The van der Waals surface area contributed by atoms with Crippen molar-refractivity contribution in [2.75, 3.05) is 6.61 Å². The average molecular weight is 274 g/mol. The van der Waals surface area contributed by atoms with Gasteiger partial charge in [0.25, 0.3) is 0 Å². The lowest BCUT2D eigenvalue weighted by Crippen LogP contribution is -1.97. The fourth-order valence-corrected chi connectivity index (χ4v) is 1.78. The van der Waals surface area contributed by atoms with Gasteiger partial charge in [-0.1, -0.05) is 53.3 Å². The molecule has 1 rings (SSSR count). The Morgan fingerprint density at radius 2 is 1.57 bits per heavy atom. The molecule has 0 aliphatic carbocycles. The highest BCUT2D eigenvalue weighted by Gasteiger charge is 2.14. The van der Waals surface area contributed by atoms with Crippen molar-refractivity contribution >= 4 is 46.4 Å². The first-order valence-corrected chi connectivity index (χ1v) is 5.55. The van der Waals surface area contributed by atoms with Crippen molar-refractivity contribution in [2.24, 2.45) is 0 Å². The van der Waals surface area contributed by atoms with Crippen LogP contribution in [0, 0.1) is 0 Å². The van der Waals surface area contributed by atoms with E-state index in [4.69, 9.17) is 51.1 Å². The van der Waals surface area contributed by atoms with Gasteiger partial charge >= 0.3 is 0 Å². The van der Waals surface area contributed by atoms with Gasteiger partial charge in [-0.3, -0.25) is 0 Å². The highest BCUT2D eigenvalue weighted by atomic mass is 35.5. The van der Waals surface area contributed by atoms with E-state index in [0.717, 1.165) is 6.42 Å². The Bertz CT molecular complexity index is 312. The van der Waals surface area contributed by atoms with Crippen LogP contribution in [-0.2, 0) is 0 Å². The van der Waals surface area contributed by atoms with E-state index in [9.17, 15) is 0 Å². The maximum atomic E-state index is 5.91. The number of rotatable bonds is 3. The zero-order valence-corrected chi connectivity index (χ0v) is 10.4. The van der Waals surface area contributed by atoms with Gasteiger partial charge in [0.2, 0.25) is 0 Å². The molecule has 0 unspecified atom stereocenters. The first-order chi connectivity index (χ1) is 6.57. The maximum absolute atomic E-state index is 5.91. The third-order valence-electron chi connectivity index (χ3n) is 1.52. The van der Waals surface area contributed by atoms with Crippen molar-refractivity contribution in [1.82, 2.24) is 0 Å². The topological polar surface area (TPSA) is 9.23 Å². The van der Waals surface area contributed by atoms with E-state index < -0.39 is 0 Å². The molecular weight excluding hydrogens is 266 g/mol. The van der Waals surface area contributed by atoms with Crippen molar-refractivity contribution < 1.29 is 4.74 Å². The van der Waals surface area contributed by atoms with Crippen molar-refractivity contribution in [3.63, 3.8) is 0 Å². The van der Waals surface area contributed by atoms with Crippen molar-refractivity contribution in [1.29, 1.82) is 0 Å². The van der Waals surface area contributed by atoms with Gasteiger partial charge in [-0.25, -0.2) is 0 Å². The molecule has 0 saturated heterocycles. The summed E-state index contributed by atoms with van der Waals surface area (Å²) in [5.41, 5.74) is 0. The summed E-state index contributed by atoms with van der Waals surface area (Å²) >= 11 is 23.4. The van der Waals surface area contributed by atoms with Gasteiger partial charge in [0.1, 0.15) is 10.0 Å². The van der Waals surface area contributed by atoms with Gasteiger partial charge in [0, 0.05) is 0 Å². The van der Waals surface area contributed by atoms with Gasteiger partial charge in [-0.2, -0.15) is 0 Å². The standard InChI is InChI=1S/C9H8Cl4O/c1-2-3-14-9-7(12)5(10)4-6(11)8(9)13/h4H,2-3H2,1H3. The van der Waals surface area contributed by atoms with E-state index in [-0.39, 0.29) is 0 Å². The van der Waals surface area contributed by atoms with Crippen LogP contribution in [0.25, 0.3) is 0 Å². The summed E-state index contributed by atoms with van der Waals surface area (Å²) in [7, 11) is 0. The molecule has 78 valence electrons. The fourth-order valence-electron chi connectivity index (χ4n) is 0.882. The number of halogens is 4. The Hall–Kier alpha value is 0.180. The normalized spacial score (nSPS) is 10.4. The lowest BCUT2D eigenvalue weighted by Gasteiger charge is -2.10. The van der Waals surface area contributed by atoms with Crippen LogP contribution in [-0.4, -0.2) is 6.61 Å². The third-order valence-corrected chi connectivity index (χ3v) is 3.06. The summed E-state index contributed by atoms with van der Waals surface area (Å²) in [5, 5.41) is 1.28. The van der Waals surface area contributed by atoms with Gasteiger partial charge in [0.05, 0.1) is 16.7 Å². The van der Waals surface area contributed by atoms with Crippen molar-refractivity contribution in [3.05, 3.63) is 26.2 Å². The largest absolute Gasteiger partial charge is 0.490 e. The molecule has 0 bridgehead atoms. The van der Waals surface area contributed by atoms with Crippen LogP contribution in [0.4, 0.5) is 0 Å². The van der Waals surface area contributed by atoms with Crippen LogP contribution in [0.15, 0.2) is 6.07 Å². The molecule has 0 saturated carbocycles. The van der Waals surface area contributed by atoms with Crippen LogP contribution in [0.2, 0.25) is 20.1 Å². The van der Waals surface area contributed by atoms with E-state index >= 15 is 0 Å². The summed E-state index contributed by atoms with van der Waals surface area (Å²) in [5.74, 6) is 0.354. The number of hydrogen-bond acceptors (Lipinski definition) is 1. The van der Waals surface area contributed by atoms with Crippen molar-refractivity contribution in [2.45, 2.75) is 13.3 Å². The smallest absolute Gasteiger partial charge is 0.159 e. The molecule has 0 aliphatic rings. The summed E-state index contributed by atoms with van der Waals surface area (Å²) < 4.78 is 5.35. The molecular formula is C9H8Cl4O. The first-order valence-electron chi connectivity index (χ1n) is 4.03. The van der Waals surface area contributed by atoms with Gasteiger partial charge in [-0.15, -0.1) is 0 Å². The second-order valence-corrected chi connectivity index (χ2v) is 4.22. The van der Waals surface area contributed by atoms with Crippen LogP contribution in [0.3, 0.4) is 0 Å². The second kappa shape index (κ2) is 5.32. The molecule has 0 amide bonds. The summed E-state index contributed by atoms with van der Waals surface area (Å²) in [6, 6.07) is 1.49. The summed E-state index contributed by atoms with van der Waals surface area (Å²) in [6.07, 6.45) is 0.858. The minimum atomic E-state index is 0.300. The van der Waals surface area contributed by atoms with E-state index in [1.54, 1.807) is 0 Å². The Morgan fingerprint density at radius 3 is 2.00 bits per heavy atom. The minimum absolute atomic E-state index is 0.300. The number of benzene rings is 1. The molecule has 1 aromatic carbocycles. The minimum Gasteiger partial charge on any atom is -0.490 e. The Balaban J connectivity index is 3.11. The highest BCUT2D eigenvalue weighted by Crippen LogP contribution is 2.42. The molecule has 0 heterocycles. The van der Waals surface area contributed by atoms with Crippen LogP contribution in [0.1, 0.15) is 13.3 Å². The predicted octanol–water partition coefficient (Wildman–Crippen LogP) is 5.09. The van der Waals surface area contributed by atoms with E-state index in [0.29, 0.717) is 32.4 Å². The molecule has 1 nitrogen and oxygen atoms in total. The van der Waals surface area contributed by atoms with Gasteiger partial charge in [0.15, 0.2) is 5.75 Å². The van der Waals surface area contributed by atoms with Crippen LogP contribution in [0.5, 0.6) is 5.75 Å². The lowest BCUT2D eigenvalue weighted by atomic mass is 10.3. The Kier molecular flexibility index (Phi) is 4.65. The molecule has 0 aromatic heterocycles. The van der Waals surface area contributed by atoms with E-state index in [1.165, 1.54) is 6.07 Å². The maximum Gasteiger partial charge on any atom is 0.159 e. The van der Waals surface area contributed by atoms with Crippen molar-refractivity contribution in [3.8, 4) is 5.75 Å². The quantitative estimate of drug-likeness (QED) is 0.697. The zero-order chi connectivity index (χ0) is 10.7. The second-order valence-electron chi connectivity index (χ2n) is 2.65. The summed E-state index contributed by atoms with van der Waals surface area (Å²) in [4.78, 5) is 0. The molecule has 0 radical (unpaired) electrons. The molecule has 0 atom stereocenters. The Labute approximate surface area is 103 Å². The predicted molar refractivity (Wildman–Crippen MR) is 62.3 cm³/mol. The molecule has 14 heavy (non-hydrogen) atoms. The molecule has 0 N–H and O–H groups in total. The average Bonchev–Trinajstić information content (AvgIpc) is 2.15. The number of ether oxygens (including phenoxy) is 1. The monoisotopic (exact) mass is 272 g/mol. The fraction of sp³-hybridized carbons (Fsp3) is 0.333. The molecule has 0 spiro atoms. The van der Waals surface area contributed by atoms with Gasteiger partial charge < -0.3 is 4.74 Å². The highest BCUT2D eigenvalue weighted by molar-refractivity contribution is 6.48. The summed E-state index contributed by atoms with van der Waals surface area (Å²) in [6.45, 7) is 2.50. The SMILES string of the molecule is CCCOc1c(Cl)c(Cl)cc(Cl)c1Cl. The molecule has 0 aliphatic heterocycles.